The number of hydrogen-bond acceptors (Lipinski definition) is 2. The van der Waals surface area contributed by atoms with Crippen LogP contribution in [-0.4, -0.2) is 40.8 Å². The van der Waals surface area contributed by atoms with Crippen LogP contribution in [0.15, 0.2) is 0 Å². The van der Waals surface area contributed by atoms with Gasteiger partial charge in [-0.15, -0.1) is 0 Å². The maximum atomic E-state index is 12.7. The number of nitrogens with zero attached hydrogens (tertiary/aromatic N) is 1. The van der Waals surface area contributed by atoms with E-state index in [4.69, 9.17) is 5.11 Å². The third-order valence-electron chi connectivity index (χ3n) is 3.33. The van der Waals surface area contributed by atoms with E-state index in [1.54, 1.807) is 0 Å². The second-order valence-electron chi connectivity index (χ2n) is 4.66. The van der Waals surface area contributed by atoms with E-state index in [2.05, 4.69) is 0 Å². The Morgan fingerprint density at radius 1 is 1.05 bits per heavy atom. The van der Waals surface area contributed by atoms with Gasteiger partial charge in [0.1, 0.15) is 5.54 Å². The highest BCUT2D eigenvalue weighted by molar-refractivity contribution is 5.70. The van der Waals surface area contributed by atoms with Crippen molar-refractivity contribution in [2.45, 2.75) is 66.1 Å². The Kier molecular flexibility index (Phi) is 9.91. The standard InChI is InChI=1S/C10H16F3NO2.2C2H6/c1-9(2,10(11,12)13)14-5-3-7(4-6-14)8(15)16;2*1-2/h7H,3-6H2,1-2H3,(H,15,16);2*1-2H3. The minimum Gasteiger partial charge on any atom is -0.481 e. The number of alkyl halides is 3. The van der Waals surface area contributed by atoms with Crippen LogP contribution in [0.4, 0.5) is 13.2 Å². The minimum atomic E-state index is -4.29. The van der Waals surface area contributed by atoms with Crippen LogP contribution >= 0.6 is 0 Å². The van der Waals surface area contributed by atoms with E-state index in [-0.39, 0.29) is 25.9 Å². The molecule has 0 aliphatic carbocycles. The Hall–Kier alpha value is -0.780. The first kappa shape index (κ1) is 21.5. The third kappa shape index (κ3) is 5.69. The van der Waals surface area contributed by atoms with Crippen molar-refractivity contribution in [1.82, 2.24) is 4.90 Å². The lowest BCUT2D eigenvalue weighted by Gasteiger charge is -2.43. The fourth-order valence-electron chi connectivity index (χ4n) is 1.86. The number of aliphatic carboxylic acids is 1. The second kappa shape index (κ2) is 9.21. The van der Waals surface area contributed by atoms with Gasteiger partial charge in [0.05, 0.1) is 5.92 Å². The smallest absolute Gasteiger partial charge is 0.406 e. The van der Waals surface area contributed by atoms with Gasteiger partial charge in [0.2, 0.25) is 0 Å². The molecule has 0 aromatic rings. The van der Waals surface area contributed by atoms with Gasteiger partial charge in [-0.25, -0.2) is 0 Å². The van der Waals surface area contributed by atoms with Crippen LogP contribution in [0.25, 0.3) is 0 Å². The maximum absolute atomic E-state index is 12.7. The summed E-state index contributed by atoms with van der Waals surface area (Å²) >= 11 is 0. The highest BCUT2D eigenvalue weighted by Crippen LogP contribution is 2.37. The lowest BCUT2D eigenvalue weighted by molar-refractivity contribution is -0.224. The first-order valence-electron chi connectivity index (χ1n) is 7.21. The molecule has 20 heavy (non-hydrogen) atoms. The van der Waals surface area contributed by atoms with Crippen LogP contribution in [-0.2, 0) is 4.79 Å². The molecular weight excluding hydrogens is 271 g/mol. The third-order valence-corrected chi connectivity index (χ3v) is 3.33. The summed E-state index contributed by atoms with van der Waals surface area (Å²) in [5.74, 6) is -1.41. The summed E-state index contributed by atoms with van der Waals surface area (Å²) in [6, 6.07) is 0. The molecule has 0 spiro atoms. The van der Waals surface area contributed by atoms with Crippen molar-refractivity contribution in [2.75, 3.05) is 13.1 Å². The van der Waals surface area contributed by atoms with Crippen LogP contribution in [0.1, 0.15) is 54.4 Å². The predicted molar refractivity (Wildman–Crippen MR) is 74.8 cm³/mol. The zero-order valence-electron chi connectivity index (χ0n) is 13.3. The molecule has 0 unspecified atom stereocenters. The Bertz CT molecular complexity index is 270. The summed E-state index contributed by atoms with van der Waals surface area (Å²) in [6.07, 6.45) is -3.72. The Morgan fingerprint density at radius 2 is 1.40 bits per heavy atom. The Labute approximate surface area is 120 Å². The molecule has 122 valence electrons. The van der Waals surface area contributed by atoms with Crippen LogP contribution in [0, 0.1) is 5.92 Å². The average Bonchev–Trinajstić information content (AvgIpc) is 2.42. The van der Waals surface area contributed by atoms with Gasteiger partial charge in [0.15, 0.2) is 0 Å². The molecular formula is C14H28F3NO2. The van der Waals surface area contributed by atoms with Crippen molar-refractivity contribution in [2.24, 2.45) is 5.92 Å². The summed E-state index contributed by atoms with van der Waals surface area (Å²) in [5, 5.41) is 8.75. The predicted octanol–water partition coefficient (Wildman–Crippen LogP) is 4.18. The molecule has 1 N–H and O–H groups in total. The number of likely N-dealkylation sites (tertiary alicyclic amines) is 1. The second-order valence-corrected chi connectivity index (χ2v) is 4.66. The summed E-state index contributed by atoms with van der Waals surface area (Å²) in [6.45, 7) is 10.6. The molecule has 0 amide bonds. The fourth-order valence-corrected chi connectivity index (χ4v) is 1.86. The average molecular weight is 299 g/mol. The lowest BCUT2D eigenvalue weighted by atomic mass is 9.92. The highest BCUT2D eigenvalue weighted by Gasteiger charge is 2.51. The van der Waals surface area contributed by atoms with Crippen molar-refractivity contribution < 1.29 is 23.1 Å². The monoisotopic (exact) mass is 299 g/mol. The fraction of sp³-hybridized carbons (Fsp3) is 0.929. The molecule has 0 radical (unpaired) electrons. The molecule has 1 aliphatic rings. The van der Waals surface area contributed by atoms with Crippen molar-refractivity contribution in [3.05, 3.63) is 0 Å². The molecule has 0 bridgehead atoms. The van der Waals surface area contributed by atoms with Crippen molar-refractivity contribution in [1.29, 1.82) is 0 Å². The quantitative estimate of drug-likeness (QED) is 0.831. The zero-order valence-corrected chi connectivity index (χ0v) is 13.3. The van der Waals surface area contributed by atoms with Crippen molar-refractivity contribution in [3.8, 4) is 0 Å². The molecule has 0 atom stereocenters. The molecule has 1 heterocycles. The largest absolute Gasteiger partial charge is 0.481 e. The molecule has 0 saturated carbocycles. The maximum Gasteiger partial charge on any atom is 0.406 e. The first-order chi connectivity index (χ1) is 9.16. The molecule has 3 nitrogen and oxygen atoms in total. The summed E-state index contributed by atoms with van der Waals surface area (Å²) in [5.41, 5.74) is -1.88. The van der Waals surface area contributed by atoms with E-state index in [1.165, 1.54) is 4.90 Å². The zero-order chi connectivity index (χ0) is 16.6. The lowest BCUT2D eigenvalue weighted by Crippen LogP contribution is -2.57. The topological polar surface area (TPSA) is 40.5 Å². The summed E-state index contributed by atoms with van der Waals surface area (Å²) in [7, 11) is 0. The highest BCUT2D eigenvalue weighted by atomic mass is 19.4. The van der Waals surface area contributed by atoms with Crippen LogP contribution in [0.2, 0.25) is 0 Å². The molecule has 1 saturated heterocycles. The van der Waals surface area contributed by atoms with Crippen LogP contribution in [0.5, 0.6) is 0 Å². The van der Waals surface area contributed by atoms with E-state index < -0.39 is 23.6 Å². The molecule has 6 heteroatoms. The van der Waals surface area contributed by atoms with E-state index >= 15 is 0 Å². The summed E-state index contributed by atoms with van der Waals surface area (Å²) in [4.78, 5) is 12.0. The number of piperidine rings is 1. The van der Waals surface area contributed by atoms with Gasteiger partial charge in [-0.2, -0.15) is 13.2 Å². The van der Waals surface area contributed by atoms with E-state index in [0.29, 0.717) is 0 Å². The normalized spacial score (nSPS) is 17.4. The van der Waals surface area contributed by atoms with Crippen LogP contribution in [0.3, 0.4) is 0 Å². The van der Waals surface area contributed by atoms with Crippen LogP contribution < -0.4 is 0 Å². The van der Waals surface area contributed by atoms with Gasteiger partial charge < -0.3 is 5.11 Å². The molecule has 1 rings (SSSR count). The number of rotatable bonds is 2. The van der Waals surface area contributed by atoms with Crippen molar-refractivity contribution in [3.63, 3.8) is 0 Å². The van der Waals surface area contributed by atoms with Gasteiger partial charge in [-0.1, -0.05) is 27.7 Å². The van der Waals surface area contributed by atoms with E-state index in [1.807, 2.05) is 27.7 Å². The number of carbonyl (C=O) groups is 1. The summed E-state index contributed by atoms with van der Waals surface area (Å²) < 4.78 is 38.1. The minimum absolute atomic E-state index is 0.184. The van der Waals surface area contributed by atoms with Gasteiger partial charge in [0, 0.05) is 0 Å². The first-order valence-corrected chi connectivity index (χ1v) is 7.21. The van der Waals surface area contributed by atoms with Gasteiger partial charge in [-0.3, -0.25) is 9.69 Å². The van der Waals surface area contributed by atoms with E-state index in [0.717, 1.165) is 13.8 Å². The molecule has 0 aromatic heterocycles. The molecule has 0 aromatic carbocycles. The van der Waals surface area contributed by atoms with Gasteiger partial charge in [0.25, 0.3) is 0 Å². The van der Waals surface area contributed by atoms with Gasteiger partial charge >= 0.3 is 12.1 Å². The number of hydrogen-bond donors (Lipinski definition) is 1. The number of carboxylic acid groups (broad SMARTS) is 1. The van der Waals surface area contributed by atoms with Gasteiger partial charge in [-0.05, 0) is 39.8 Å². The number of halogens is 3. The van der Waals surface area contributed by atoms with E-state index in [9.17, 15) is 18.0 Å². The number of carboxylic acids is 1. The molecule has 1 fully saturated rings. The molecule has 1 aliphatic heterocycles. The Morgan fingerprint density at radius 3 is 1.65 bits per heavy atom. The SMILES string of the molecule is CC.CC.CC(C)(N1CCC(C(=O)O)CC1)C(F)(F)F. The Balaban J connectivity index is 0. The van der Waals surface area contributed by atoms with Crippen molar-refractivity contribution >= 4 is 5.97 Å².